The average molecular weight is 380 g/mol. The maximum atomic E-state index is 13.3. The molecule has 0 radical (unpaired) electrons. The molecule has 0 saturated carbocycles. The van der Waals surface area contributed by atoms with E-state index in [9.17, 15) is 9.18 Å². The van der Waals surface area contributed by atoms with E-state index in [-0.39, 0.29) is 11.6 Å². The standard InChI is InChI=1S/C19H26FN3O2S/c1-4-5-6-7-12(2)11-21-19(26)23-22-18(24)17-13(3)15-10-14(20)8-9-16(15)25-17/h8-10,12H,4-7,11H2,1-3H3,(H,22,24)(H2,21,23,26)/t12-/m0/s1. The molecule has 0 aliphatic carbocycles. The number of carbonyl (C=O) groups is 1. The monoisotopic (exact) mass is 379 g/mol. The summed E-state index contributed by atoms with van der Waals surface area (Å²) in [4.78, 5) is 12.3. The second-order valence-electron chi connectivity index (χ2n) is 6.59. The fourth-order valence-electron chi connectivity index (χ4n) is 2.74. The van der Waals surface area contributed by atoms with Crippen molar-refractivity contribution < 1.29 is 13.6 Å². The third-order valence-electron chi connectivity index (χ3n) is 4.31. The van der Waals surface area contributed by atoms with Gasteiger partial charge in [-0.05, 0) is 49.7 Å². The van der Waals surface area contributed by atoms with Gasteiger partial charge in [0.2, 0.25) is 0 Å². The summed E-state index contributed by atoms with van der Waals surface area (Å²) in [6.07, 6.45) is 4.80. The number of benzene rings is 1. The summed E-state index contributed by atoms with van der Waals surface area (Å²) in [5.41, 5.74) is 6.24. The number of unbranched alkanes of at least 4 members (excludes halogenated alkanes) is 2. The van der Waals surface area contributed by atoms with Gasteiger partial charge in [0.15, 0.2) is 10.9 Å². The van der Waals surface area contributed by atoms with Crippen LogP contribution in [0.1, 0.15) is 55.6 Å². The van der Waals surface area contributed by atoms with Gasteiger partial charge in [-0.3, -0.25) is 15.6 Å². The molecule has 1 aromatic carbocycles. The maximum absolute atomic E-state index is 13.3. The molecular weight excluding hydrogens is 353 g/mol. The van der Waals surface area contributed by atoms with Gasteiger partial charge in [-0.15, -0.1) is 0 Å². The lowest BCUT2D eigenvalue weighted by atomic mass is 10.0. The van der Waals surface area contributed by atoms with E-state index in [4.69, 9.17) is 16.6 Å². The van der Waals surface area contributed by atoms with Crippen LogP contribution >= 0.6 is 12.2 Å². The minimum Gasteiger partial charge on any atom is -0.451 e. The number of nitrogens with one attached hydrogen (secondary N) is 3. The van der Waals surface area contributed by atoms with Crippen LogP contribution in [0.15, 0.2) is 22.6 Å². The minimum absolute atomic E-state index is 0.133. The molecule has 1 heterocycles. The lowest BCUT2D eigenvalue weighted by Crippen LogP contribution is -2.47. The first kappa shape index (κ1) is 20.2. The van der Waals surface area contributed by atoms with Crippen molar-refractivity contribution >= 4 is 34.2 Å². The van der Waals surface area contributed by atoms with Crippen molar-refractivity contribution in [3.8, 4) is 0 Å². The van der Waals surface area contributed by atoms with Gasteiger partial charge in [0, 0.05) is 17.5 Å². The van der Waals surface area contributed by atoms with Crippen molar-refractivity contribution in [3.05, 3.63) is 35.3 Å². The van der Waals surface area contributed by atoms with Crippen molar-refractivity contribution in [2.75, 3.05) is 6.54 Å². The molecule has 7 heteroatoms. The first-order chi connectivity index (χ1) is 12.4. The first-order valence-corrected chi connectivity index (χ1v) is 9.36. The molecule has 0 aliphatic rings. The Labute approximate surface area is 158 Å². The second-order valence-corrected chi connectivity index (χ2v) is 7.00. The lowest BCUT2D eigenvalue weighted by molar-refractivity contribution is 0.0917. The lowest BCUT2D eigenvalue weighted by Gasteiger charge is -2.15. The van der Waals surface area contributed by atoms with E-state index in [0.29, 0.717) is 27.6 Å². The summed E-state index contributed by atoms with van der Waals surface area (Å²) >= 11 is 5.17. The molecule has 142 valence electrons. The van der Waals surface area contributed by atoms with E-state index >= 15 is 0 Å². The van der Waals surface area contributed by atoms with Crippen molar-refractivity contribution in [1.82, 2.24) is 16.2 Å². The second kappa shape index (κ2) is 9.52. The number of halogens is 1. The van der Waals surface area contributed by atoms with Gasteiger partial charge in [-0.1, -0.05) is 33.1 Å². The Bertz CT molecular complexity index is 775. The molecule has 2 aromatic rings. The van der Waals surface area contributed by atoms with Crippen LogP contribution in [0.2, 0.25) is 0 Å². The van der Waals surface area contributed by atoms with Crippen LogP contribution in [0.4, 0.5) is 4.39 Å². The number of carbonyl (C=O) groups excluding carboxylic acids is 1. The predicted octanol–water partition coefficient (Wildman–Crippen LogP) is 4.21. The van der Waals surface area contributed by atoms with E-state index < -0.39 is 5.91 Å². The quantitative estimate of drug-likeness (QED) is 0.382. The Hall–Kier alpha value is -2.15. The Kier molecular flexibility index (Phi) is 7.38. The van der Waals surface area contributed by atoms with E-state index in [1.165, 1.54) is 37.5 Å². The first-order valence-electron chi connectivity index (χ1n) is 8.95. The number of fused-ring (bicyclic) bond motifs is 1. The zero-order valence-corrected chi connectivity index (χ0v) is 16.3. The number of hydrazine groups is 1. The molecule has 2 rings (SSSR count). The minimum atomic E-state index is -0.459. The maximum Gasteiger partial charge on any atom is 0.305 e. The number of thiocarbonyl (C=S) groups is 1. The number of furan rings is 1. The van der Waals surface area contributed by atoms with Gasteiger partial charge in [0.05, 0.1) is 0 Å². The van der Waals surface area contributed by atoms with Gasteiger partial charge in [-0.2, -0.15) is 0 Å². The van der Waals surface area contributed by atoms with Crippen LogP contribution in [-0.2, 0) is 0 Å². The Balaban J connectivity index is 1.83. The van der Waals surface area contributed by atoms with Gasteiger partial charge in [0.25, 0.3) is 0 Å². The summed E-state index contributed by atoms with van der Waals surface area (Å²) in [6, 6.07) is 4.16. The molecule has 1 amide bonds. The zero-order chi connectivity index (χ0) is 19.1. The van der Waals surface area contributed by atoms with Crippen LogP contribution in [-0.4, -0.2) is 17.6 Å². The highest BCUT2D eigenvalue weighted by atomic mass is 32.1. The normalized spacial score (nSPS) is 12.0. The van der Waals surface area contributed by atoms with Crippen LogP contribution in [0.3, 0.4) is 0 Å². The summed E-state index contributed by atoms with van der Waals surface area (Å²) in [6.45, 7) is 6.81. The van der Waals surface area contributed by atoms with Gasteiger partial charge < -0.3 is 9.73 Å². The topological polar surface area (TPSA) is 66.3 Å². The summed E-state index contributed by atoms with van der Waals surface area (Å²) in [5, 5.41) is 4.02. The van der Waals surface area contributed by atoms with Crippen molar-refractivity contribution in [3.63, 3.8) is 0 Å². The summed E-state index contributed by atoms with van der Waals surface area (Å²) < 4.78 is 18.9. The number of amides is 1. The predicted molar refractivity (Wildman–Crippen MR) is 105 cm³/mol. The average Bonchev–Trinajstić information content (AvgIpc) is 2.94. The molecule has 1 atom stereocenters. The van der Waals surface area contributed by atoms with E-state index in [1.807, 2.05) is 0 Å². The molecule has 0 unspecified atom stereocenters. The molecular formula is C19H26FN3O2S. The number of rotatable bonds is 7. The van der Waals surface area contributed by atoms with Crippen LogP contribution in [0.5, 0.6) is 0 Å². The fraction of sp³-hybridized carbons (Fsp3) is 0.474. The van der Waals surface area contributed by atoms with E-state index in [1.54, 1.807) is 6.92 Å². The van der Waals surface area contributed by atoms with Crippen molar-refractivity contribution in [1.29, 1.82) is 0 Å². The molecule has 3 N–H and O–H groups in total. The Morgan fingerprint density at radius 2 is 2.08 bits per heavy atom. The highest BCUT2D eigenvalue weighted by Crippen LogP contribution is 2.25. The Morgan fingerprint density at radius 1 is 1.31 bits per heavy atom. The largest absolute Gasteiger partial charge is 0.451 e. The molecule has 0 saturated heterocycles. The van der Waals surface area contributed by atoms with Gasteiger partial charge in [0.1, 0.15) is 11.4 Å². The number of hydrogen-bond acceptors (Lipinski definition) is 3. The highest BCUT2D eigenvalue weighted by Gasteiger charge is 2.18. The SMILES string of the molecule is CCCCC[C@H](C)CNC(=S)NNC(=O)c1oc2ccc(F)cc2c1C. The van der Waals surface area contributed by atoms with Gasteiger partial charge in [-0.25, -0.2) is 4.39 Å². The van der Waals surface area contributed by atoms with Crippen LogP contribution < -0.4 is 16.2 Å². The third-order valence-corrected chi connectivity index (χ3v) is 4.55. The van der Waals surface area contributed by atoms with E-state index in [0.717, 1.165) is 13.0 Å². The molecule has 0 bridgehead atoms. The fourth-order valence-corrected chi connectivity index (χ4v) is 2.87. The van der Waals surface area contributed by atoms with Crippen molar-refractivity contribution in [2.24, 2.45) is 5.92 Å². The molecule has 0 aliphatic heterocycles. The third kappa shape index (κ3) is 5.42. The summed E-state index contributed by atoms with van der Waals surface area (Å²) in [7, 11) is 0. The number of aryl methyl sites for hydroxylation is 1. The molecule has 26 heavy (non-hydrogen) atoms. The van der Waals surface area contributed by atoms with Crippen LogP contribution in [0, 0.1) is 18.7 Å². The highest BCUT2D eigenvalue weighted by molar-refractivity contribution is 7.80. The number of hydrogen-bond donors (Lipinski definition) is 3. The molecule has 0 fully saturated rings. The van der Waals surface area contributed by atoms with E-state index in [2.05, 4.69) is 30.0 Å². The smallest absolute Gasteiger partial charge is 0.305 e. The van der Waals surface area contributed by atoms with Crippen LogP contribution in [0.25, 0.3) is 11.0 Å². The molecule has 0 spiro atoms. The zero-order valence-electron chi connectivity index (χ0n) is 15.4. The summed E-state index contributed by atoms with van der Waals surface area (Å²) in [5.74, 6) is -0.192. The molecule has 5 nitrogen and oxygen atoms in total. The Morgan fingerprint density at radius 3 is 2.81 bits per heavy atom. The molecule has 1 aromatic heterocycles. The van der Waals surface area contributed by atoms with Gasteiger partial charge >= 0.3 is 5.91 Å². The van der Waals surface area contributed by atoms with Crippen molar-refractivity contribution in [2.45, 2.75) is 46.5 Å².